The highest BCUT2D eigenvalue weighted by Crippen LogP contribution is 2.26. The number of hydrogen-bond donors (Lipinski definition) is 1. The molecule has 0 atom stereocenters. The number of primary sulfonamides is 1. The Labute approximate surface area is 181 Å². The first-order valence-electron chi connectivity index (χ1n) is 9.35. The Kier molecular flexibility index (Phi) is 6.80. The van der Waals surface area contributed by atoms with Crippen molar-refractivity contribution < 1.29 is 26.4 Å². The van der Waals surface area contributed by atoms with Crippen molar-refractivity contribution in [3.05, 3.63) is 65.1 Å². The largest absolute Gasteiger partial charge is 0.465 e. The van der Waals surface area contributed by atoms with Crippen LogP contribution >= 0.6 is 0 Å². The number of benzene rings is 2. The zero-order valence-electron chi connectivity index (χ0n) is 16.8. The fraction of sp³-hybridized carbons (Fsp3) is 0.250. The fourth-order valence-electron chi connectivity index (χ4n) is 3.24. The van der Waals surface area contributed by atoms with E-state index >= 15 is 0 Å². The highest BCUT2D eigenvalue weighted by Gasteiger charge is 2.28. The lowest BCUT2D eigenvalue weighted by Gasteiger charge is -2.35. The Hall–Kier alpha value is -2.73. The molecule has 31 heavy (non-hydrogen) atoms. The Bertz CT molecular complexity index is 1190. The van der Waals surface area contributed by atoms with E-state index in [1.54, 1.807) is 6.08 Å². The lowest BCUT2D eigenvalue weighted by Crippen LogP contribution is -2.48. The van der Waals surface area contributed by atoms with Crippen molar-refractivity contribution in [1.82, 2.24) is 4.31 Å². The molecule has 3 rings (SSSR count). The number of piperazine rings is 1. The van der Waals surface area contributed by atoms with Crippen LogP contribution in [0.1, 0.15) is 15.9 Å². The summed E-state index contributed by atoms with van der Waals surface area (Å²) in [5.74, 6) is -0.707. The second-order valence-corrected chi connectivity index (χ2v) is 10.2. The highest BCUT2D eigenvalue weighted by molar-refractivity contribution is 7.92. The van der Waals surface area contributed by atoms with Crippen LogP contribution in [0.15, 0.2) is 58.8 Å². The van der Waals surface area contributed by atoms with Crippen molar-refractivity contribution in [3.63, 3.8) is 0 Å². The van der Waals surface area contributed by atoms with Gasteiger partial charge in [0.2, 0.25) is 20.0 Å². The van der Waals surface area contributed by atoms with Gasteiger partial charge in [0.1, 0.15) is 0 Å². The molecule has 1 aliphatic rings. The van der Waals surface area contributed by atoms with Crippen LogP contribution in [0, 0.1) is 0 Å². The molecule has 2 N–H and O–H groups in total. The van der Waals surface area contributed by atoms with Gasteiger partial charge in [0.15, 0.2) is 0 Å². The average molecular weight is 466 g/mol. The van der Waals surface area contributed by atoms with Gasteiger partial charge in [-0.05, 0) is 29.8 Å². The van der Waals surface area contributed by atoms with E-state index in [0.717, 1.165) is 5.56 Å². The van der Waals surface area contributed by atoms with Gasteiger partial charge in [-0.2, -0.15) is 4.31 Å². The molecule has 0 saturated carbocycles. The van der Waals surface area contributed by atoms with Gasteiger partial charge in [0.05, 0.1) is 23.3 Å². The molecule has 1 aliphatic heterocycles. The van der Waals surface area contributed by atoms with Crippen LogP contribution in [0.25, 0.3) is 6.08 Å². The molecule has 0 spiro atoms. The summed E-state index contributed by atoms with van der Waals surface area (Å²) in [6.07, 6.45) is 1.54. The molecule has 2 aromatic carbocycles. The number of carbonyl (C=O) groups excluding carboxylic acids is 1. The molecule has 166 valence electrons. The Morgan fingerprint density at radius 2 is 1.65 bits per heavy atom. The number of hydrogen-bond acceptors (Lipinski definition) is 7. The SMILES string of the molecule is COC(=O)c1cc(S(N)(=O)=O)ccc1N1CCN(S(=O)(=O)/C=C/c2ccccc2)CC1. The number of ether oxygens (including phenoxy) is 1. The number of sulfonamides is 2. The Morgan fingerprint density at radius 3 is 2.23 bits per heavy atom. The van der Waals surface area contributed by atoms with Crippen LogP contribution in [0.2, 0.25) is 0 Å². The van der Waals surface area contributed by atoms with Crippen LogP contribution in [0.4, 0.5) is 5.69 Å². The van der Waals surface area contributed by atoms with Crippen LogP contribution in [-0.4, -0.2) is 60.4 Å². The molecular formula is C20H23N3O6S2. The van der Waals surface area contributed by atoms with Crippen molar-refractivity contribution in [2.75, 3.05) is 38.2 Å². The van der Waals surface area contributed by atoms with Gasteiger partial charge in [-0.3, -0.25) is 0 Å². The molecule has 9 nitrogen and oxygen atoms in total. The van der Waals surface area contributed by atoms with E-state index in [0.29, 0.717) is 18.8 Å². The van der Waals surface area contributed by atoms with Crippen LogP contribution in [0.3, 0.4) is 0 Å². The number of carbonyl (C=O) groups is 1. The number of nitrogens with zero attached hydrogens (tertiary/aromatic N) is 2. The van der Waals surface area contributed by atoms with Crippen molar-refractivity contribution >= 4 is 37.8 Å². The molecule has 1 heterocycles. The van der Waals surface area contributed by atoms with Gasteiger partial charge >= 0.3 is 5.97 Å². The normalized spacial score (nSPS) is 15.9. The van der Waals surface area contributed by atoms with Gasteiger partial charge in [-0.15, -0.1) is 0 Å². The summed E-state index contributed by atoms with van der Waals surface area (Å²) in [7, 11) is -6.41. The number of esters is 1. The molecule has 0 unspecified atom stereocenters. The van der Waals surface area contributed by atoms with Crippen molar-refractivity contribution in [3.8, 4) is 0 Å². The van der Waals surface area contributed by atoms with E-state index in [2.05, 4.69) is 0 Å². The van der Waals surface area contributed by atoms with E-state index < -0.39 is 26.0 Å². The second-order valence-electron chi connectivity index (χ2n) is 6.86. The van der Waals surface area contributed by atoms with E-state index in [4.69, 9.17) is 9.88 Å². The van der Waals surface area contributed by atoms with E-state index in [1.165, 1.54) is 35.0 Å². The number of anilines is 1. The summed E-state index contributed by atoms with van der Waals surface area (Å²) in [5.41, 5.74) is 1.29. The molecule has 0 radical (unpaired) electrons. The first kappa shape index (κ1) is 22.9. The standard InChI is InChI=1S/C20H23N3O6S2/c1-29-20(24)18-15-17(31(21,27)28)7-8-19(18)22-10-12-23(13-11-22)30(25,26)14-9-16-5-3-2-4-6-16/h2-9,14-15H,10-13H2,1H3,(H2,21,27,28)/b14-9+. The van der Waals surface area contributed by atoms with Crippen molar-refractivity contribution in [1.29, 1.82) is 0 Å². The molecule has 1 fully saturated rings. The lowest BCUT2D eigenvalue weighted by molar-refractivity contribution is 0.0601. The van der Waals surface area contributed by atoms with Gasteiger partial charge in [0, 0.05) is 31.6 Å². The topological polar surface area (TPSA) is 127 Å². The average Bonchev–Trinajstić information content (AvgIpc) is 2.77. The zero-order valence-corrected chi connectivity index (χ0v) is 18.5. The van der Waals surface area contributed by atoms with Crippen LogP contribution < -0.4 is 10.0 Å². The molecule has 1 saturated heterocycles. The summed E-state index contributed by atoms with van der Waals surface area (Å²) >= 11 is 0. The highest BCUT2D eigenvalue weighted by atomic mass is 32.2. The molecule has 2 aromatic rings. The maximum absolute atomic E-state index is 12.6. The van der Waals surface area contributed by atoms with Gasteiger partial charge in [-0.25, -0.2) is 26.8 Å². The monoisotopic (exact) mass is 465 g/mol. The molecule has 0 aliphatic carbocycles. The zero-order chi connectivity index (χ0) is 22.6. The number of rotatable bonds is 6. The van der Waals surface area contributed by atoms with Crippen LogP contribution in [0.5, 0.6) is 0 Å². The van der Waals surface area contributed by atoms with Gasteiger partial charge in [-0.1, -0.05) is 30.3 Å². The predicted molar refractivity (Wildman–Crippen MR) is 117 cm³/mol. The van der Waals surface area contributed by atoms with Gasteiger partial charge in [0.25, 0.3) is 0 Å². The van der Waals surface area contributed by atoms with Crippen molar-refractivity contribution in [2.45, 2.75) is 4.90 Å². The summed E-state index contributed by atoms with van der Waals surface area (Å²) < 4.78 is 54.7. The minimum atomic E-state index is -3.99. The molecule has 0 amide bonds. The Balaban J connectivity index is 1.77. The first-order valence-corrected chi connectivity index (χ1v) is 12.4. The third-order valence-corrected chi connectivity index (χ3v) is 7.35. The molecular weight excluding hydrogens is 442 g/mol. The predicted octanol–water partition coefficient (Wildman–Crippen LogP) is 1.24. The smallest absolute Gasteiger partial charge is 0.340 e. The van der Waals surface area contributed by atoms with Crippen molar-refractivity contribution in [2.24, 2.45) is 5.14 Å². The minimum Gasteiger partial charge on any atom is -0.465 e. The minimum absolute atomic E-state index is 0.0503. The third-order valence-electron chi connectivity index (χ3n) is 4.87. The van der Waals surface area contributed by atoms with E-state index in [1.807, 2.05) is 35.2 Å². The second kappa shape index (κ2) is 9.18. The molecule has 0 bridgehead atoms. The quantitative estimate of drug-likeness (QED) is 0.636. The fourth-order valence-corrected chi connectivity index (χ4v) is 4.95. The molecule has 11 heteroatoms. The van der Waals surface area contributed by atoms with Gasteiger partial charge < -0.3 is 9.64 Å². The summed E-state index contributed by atoms with van der Waals surface area (Å²) in [6.45, 7) is 1.05. The number of methoxy groups -OCH3 is 1. The third kappa shape index (κ3) is 5.50. The lowest BCUT2D eigenvalue weighted by atomic mass is 10.1. The maximum Gasteiger partial charge on any atom is 0.340 e. The first-order chi connectivity index (χ1) is 14.6. The van der Waals surface area contributed by atoms with E-state index in [-0.39, 0.29) is 23.5 Å². The summed E-state index contributed by atoms with van der Waals surface area (Å²) in [6, 6.07) is 13.1. The Morgan fingerprint density at radius 1 is 1.00 bits per heavy atom. The summed E-state index contributed by atoms with van der Waals surface area (Å²) in [4.78, 5) is 13.8. The number of nitrogens with two attached hydrogens (primary N) is 1. The van der Waals surface area contributed by atoms with Crippen LogP contribution in [-0.2, 0) is 24.8 Å². The summed E-state index contributed by atoms with van der Waals surface area (Å²) in [5, 5.41) is 6.34. The molecule has 0 aromatic heterocycles. The van der Waals surface area contributed by atoms with E-state index in [9.17, 15) is 21.6 Å². The maximum atomic E-state index is 12.6.